The smallest absolute Gasteiger partial charge is 0.341 e. The summed E-state index contributed by atoms with van der Waals surface area (Å²) in [6.45, 7) is 1.97. The molecule has 1 aromatic heterocycles. The number of hydrogen-bond donors (Lipinski definition) is 3. The predicted molar refractivity (Wildman–Crippen MR) is 204 cm³/mol. The molecule has 258 valence electrons. The molecule has 51 heavy (non-hydrogen) atoms. The van der Waals surface area contributed by atoms with E-state index in [9.17, 15) is 19.2 Å². The normalized spacial score (nSPS) is 13.8. The van der Waals surface area contributed by atoms with Crippen LogP contribution in [0.5, 0.6) is 0 Å². The Morgan fingerprint density at radius 2 is 1.61 bits per heavy atom. The molecule has 0 spiro atoms. The number of benzene rings is 4. The third-order valence-corrected chi connectivity index (χ3v) is 10.7. The number of thiophene rings is 1. The topological polar surface area (TPSA) is 114 Å². The number of nitrogens with one attached hydrogen (secondary N) is 3. The lowest BCUT2D eigenvalue weighted by Crippen LogP contribution is -2.30. The molecule has 0 saturated carbocycles. The van der Waals surface area contributed by atoms with Crippen molar-refractivity contribution in [3.63, 3.8) is 0 Å². The summed E-state index contributed by atoms with van der Waals surface area (Å²) in [7, 11) is 1.35. The zero-order valence-electron chi connectivity index (χ0n) is 28.2. The monoisotopic (exact) mass is 715 g/mol. The van der Waals surface area contributed by atoms with Crippen molar-refractivity contribution in [2.24, 2.45) is 0 Å². The van der Waals surface area contributed by atoms with E-state index in [0.29, 0.717) is 27.7 Å². The van der Waals surface area contributed by atoms with Gasteiger partial charge in [0, 0.05) is 21.0 Å². The molecule has 8 nitrogen and oxygen atoms in total. The highest BCUT2D eigenvalue weighted by Crippen LogP contribution is 2.43. The van der Waals surface area contributed by atoms with E-state index in [0.717, 1.165) is 45.7 Å². The minimum Gasteiger partial charge on any atom is -0.465 e. The van der Waals surface area contributed by atoms with Gasteiger partial charge in [0.15, 0.2) is 0 Å². The zero-order valence-corrected chi connectivity index (χ0v) is 29.9. The third kappa shape index (κ3) is 9.02. The summed E-state index contributed by atoms with van der Waals surface area (Å²) in [5.41, 5.74) is 5.52. The number of esters is 1. The van der Waals surface area contributed by atoms with Crippen molar-refractivity contribution in [2.75, 3.05) is 23.5 Å². The van der Waals surface area contributed by atoms with Crippen molar-refractivity contribution in [3.8, 4) is 0 Å². The van der Waals surface area contributed by atoms with Gasteiger partial charge in [-0.1, -0.05) is 84.4 Å². The second kappa shape index (κ2) is 16.5. The Morgan fingerprint density at radius 1 is 0.882 bits per heavy atom. The Balaban J connectivity index is 1.12. The maximum Gasteiger partial charge on any atom is 0.341 e. The number of fused-ring (bicyclic) bond motifs is 1. The number of amides is 3. The molecule has 1 unspecified atom stereocenters. The van der Waals surface area contributed by atoms with Gasteiger partial charge in [0.1, 0.15) is 10.7 Å². The molecule has 1 heterocycles. The highest BCUT2D eigenvalue weighted by atomic mass is 32.2. The summed E-state index contributed by atoms with van der Waals surface area (Å²) in [5, 5.41) is 9.12. The maximum absolute atomic E-state index is 13.5. The van der Waals surface area contributed by atoms with Crippen molar-refractivity contribution in [3.05, 3.63) is 153 Å². The fraction of sp³-hybridized carbons (Fsp3) is 0.171. The van der Waals surface area contributed by atoms with Gasteiger partial charge in [-0.2, -0.15) is 0 Å². The van der Waals surface area contributed by atoms with E-state index in [1.807, 2.05) is 61.5 Å². The molecule has 0 radical (unpaired) electrons. The average Bonchev–Trinajstić information content (AvgIpc) is 3.52. The molecule has 3 amide bonds. The molecule has 0 aliphatic heterocycles. The quantitative estimate of drug-likeness (QED) is 0.0721. The van der Waals surface area contributed by atoms with Crippen LogP contribution in [0.15, 0.2) is 120 Å². The van der Waals surface area contributed by atoms with Crippen LogP contribution in [0.1, 0.15) is 60.2 Å². The molecule has 1 atom stereocenters. The van der Waals surface area contributed by atoms with Gasteiger partial charge in [-0.15, -0.1) is 23.1 Å². The predicted octanol–water partition coefficient (Wildman–Crippen LogP) is 8.26. The largest absolute Gasteiger partial charge is 0.465 e. The van der Waals surface area contributed by atoms with Crippen LogP contribution in [0.25, 0.3) is 6.08 Å². The number of thioether (sulfide) groups is 1. The Hall–Kier alpha value is -5.45. The van der Waals surface area contributed by atoms with Gasteiger partial charge in [0.2, 0.25) is 5.91 Å². The maximum atomic E-state index is 13.5. The molecule has 0 saturated heterocycles. The lowest BCUT2D eigenvalue weighted by atomic mass is 9.83. The van der Waals surface area contributed by atoms with Gasteiger partial charge < -0.3 is 20.7 Å². The highest BCUT2D eigenvalue weighted by molar-refractivity contribution is 8.00. The van der Waals surface area contributed by atoms with E-state index in [1.54, 1.807) is 48.5 Å². The number of anilines is 2. The SMILES string of the molecule is COC(=O)c1c(NC(=O)CSc2cccc(NC(=O)/C(=C/c3ccc(C)cc3)NC(=O)c3ccccc3)c2)sc2c1CCC(c1ccccc1)C2. The van der Waals surface area contributed by atoms with Gasteiger partial charge in [-0.3, -0.25) is 14.4 Å². The molecule has 6 rings (SSSR count). The van der Waals surface area contributed by atoms with Crippen molar-refractivity contribution in [1.82, 2.24) is 5.32 Å². The van der Waals surface area contributed by atoms with E-state index in [2.05, 4.69) is 28.1 Å². The first-order valence-electron chi connectivity index (χ1n) is 16.5. The number of carbonyl (C=O) groups excluding carboxylic acids is 4. The summed E-state index contributed by atoms with van der Waals surface area (Å²) >= 11 is 2.75. The number of ether oxygens (including phenoxy) is 1. The van der Waals surface area contributed by atoms with Crippen LogP contribution in [0.2, 0.25) is 0 Å². The molecule has 3 N–H and O–H groups in total. The van der Waals surface area contributed by atoms with Crippen molar-refractivity contribution in [1.29, 1.82) is 0 Å². The highest BCUT2D eigenvalue weighted by Gasteiger charge is 2.30. The first-order chi connectivity index (χ1) is 24.8. The fourth-order valence-electron chi connectivity index (χ4n) is 5.95. The van der Waals surface area contributed by atoms with Gasteiger partial charge in [0.05, 0.1) is 18.4 Å². The number of rotatable bonds is 11. The van der Waals surface area contributed by atoms with Crippen molar-refractivity contribution >= 4 is 63.6 Å². The number of carbonyl (C=O) groups is 4. The minimum absolute atomic E-state index is 0.0823. The second-order valence-corrected chi connectivity index (χ2v) is 14.3. The lowest BCUT2D eigenvalue weighted by molar-refractivity contribution is -0.114. The van der Waals surface area contributed by atoms with Gasteiger partial charge in [-0.05, 0) is 85.2 Å². The van der Waals surface area contributed by atoms with Gasteiger partial charge >= 0.3 is 5.97 Å². The first-order valence-corrected chi connectivity index (χ1v) is 18.3. The molecule has 4 aromatic carbocycles. The van der Waals surface area contributed by atoms with Crippen LogP contribution in [0.3, 0.4) is 0 Å². The Bertz CT molecular complexity index is 2080. The first kappa shape index (κ1) is 35.4. The molecule has 10 heteroatoms. The van der Waals surface area contributed by atoms with E-state index in [4.69, 9.17) is 4.74 Å². The molecule has 0 fully saturated rings. The van der Waals surface area contributed by atoms with Crippen LogP contribution in [-0.4, -0.2) is 36.6 Å². The van der Waals surface area contributed by atoms with Crippen molar-refractivity contribution < 1.29 is 23.9 Å². The molecule has 1 aliphatic carbocycles. The fourth-order valence-corrected chi connectivity index (χ4v) is 8.03. The lowest BCUT2D eigenvalue weighted by Gasteiger charge is -2.22. The number of aryl methyl sites for hydroxylation is 1. The second-order valence-electron chi connectivity index (χ2n) is 12.2. The van der Waals surface area contributed by atoms with Crippen LogP contribution in [0, 0.1) is 6.92 Å². The molecule has 0 bridgehead atoms. The van der Waals surface area contributed by atoms with Crippen molar-refractivity contribution in [2.45, 2.75) is 37.0 Å². The van der Waals surface area contributed by atoms with Gasteiger partial charge in [-0.25, -0.2) is 4.79 Å². The molecular weight excluding hydrogens is 679 g/mol. The summed E-state index contributed by atoms with van der Waals surface area (Å²) < 4.78 is 5.12. The Morgan fingerprint density at radius 3 is 2.33 bits per heavy atom. The summed E-state index contributed by atoms with van der Waals surface area (Å²) in [5.74, 6) is -1.18. The molecule has 5 aromatic rings. The molecule has 1 aliphatic rings. The Labute approximate surface area is 305 Å². The van der Waals surface area contributed by atoms with Crippen LogP contribution < -0.4 is 16.0 Å². The third-order valence-electron chi connectivity index (χ3n) is 8.56. The number of hydrogen-bond acceptors (Lipinski definition) is 7. The van der Waals surface area contributed by atoms with Crippen LogP contribution in [-0.2, 0) is 27.2 Å². The zero-order chi connectivity index (χ0) is 35.7. The standard InChI is InChI=1S/C41H37N3O5S2/c1-26-16-18-27(19-17-26)22-34(43-38(46)29-12-7-4-8-13-29)39(47)42-31-14-9-15-32(24-31)50-25-36(45)44-40-37(41(48)49-2)33-21-20-30(23-35(33)51-40)28-10-5-3-6-11-28/h3-19,22,24,30H,20-21,23,25H2,1-2H3,(H,42,47)(H,43,46)(H,44,45)/b34-22-. The minimum atomic E-state index is -0.494. The summed E-state index contributed by atoms with van der Waals surface area (Å²) in [4.78, 5) is 54.5. The van der Waals surface area contributed by atoms with E-state index in [1.165, 1.54) is 35.8 Å². The number of methoxy groups -OCH3 is 1. The van der Waals surface area contributed by atoms with Gasteiger partial charge in [0.25, 0.3) is 11.8 Å². The van der Waals surface area contributed by atoms with Crippen LogP contribution in [0.4, 0.5) is 10.7 Å². The van der Waals surface area contributed by atoms with Crippen LogP contribution >= 0.6 is 23.1 Å². The van der Waals surface area contributed by atoms with E-state index < -0.39 is 17.8 Å². The summed E-state index contributed by atoms with van der Waals surface area (Å²) in [6, 6.07) is 33.8. The summed E-state index contributed by atoms with van der Waals surface area (Å²) in [6.07, 6.45) is 4.08. The van der Waals surface area contributed by atoms with E-state index in [-0.39, 0.29) is 17.4 Å². The van der Waals surface area contributed by atoms with E-state index >= 15 is 0 Å². The average molecular weight is 716 g/mol. The Kier molecular flexibility index (Phi) is 11.4. The molecular formula is C41H37N3O5S2.